The lowest BCUT2D eigenvalue weighted by Gasteiger charge is -2.51. The summed E-state index contributed by atoms with van der Waals surface area (Å²) in [5, 5.41) is 7.40. The Labute approximate surface area is 276 Å². The van der Waals surface area contributed by atoms with Crippen LogP contribution in [0.15, 0.2) is 96.7 Å². The largest absolute Gasteiger partial charge is 0.384 e. The summed E-state index contributed by atoms with van der Waals surface area (Å²) in [5.74, 6) is 0. The summed E-state index contributed by atoms with van der Waals surface area (Å²) in [4.78, 5) is 2.61. The zero-order valence-electron chi connectivity index (χ0n) is 30.3. The molecule has 1 aliphatic heterocycles. The van der Waals surface area contributed by atoms with Gasteiger partial charge in [0.15, 0.2) is 0 Å². The molecule has 3 aliphatic rings. The third-order valence-electron chi connectivity index (χ3n) is 10.8. The van der Waals surface area contributed by atoms with Crippen molar-refractivity contribution in [1.29, 1.82) is 0 Å². The average Bonchev–Trinajstić information content (AvgIpc) is 3.17. The Kier molecular flexibility index (Phi) is 10.4. The van der Waals surface area contributed by atoms with Gasteiger partial charge in [-0.15, -0.1) is 0 Å². The van der Waals surface area contributed by atoms with Gasteiger partial charge in [0.05, 0.1) is 11.6 Å². The summed E-state index contributed by atoms with van der Waals surface area (Å²) in [7, 11) is 0. The molecule has 1 aromatic carbocycles. The maximum Gasteiger partial charge on any atom is 0.0514 e. The molecule has 2 N–H and O–H groups in total. The van der Waals surface area contributed by atoms with E-state index in [0.717, 1.165) is 25.0 Å². The summed E-state index contributed by atoms with van der Waals surface area (Å²) in [6.45, 7) is 28.2. The molecule has 0 aromatic heterocycles. The monoisotopic (exact) mass is 610 g/mol. The second-order valence-corrected chi connectivity index (χ2v) is 17.1. The molecule has 0 bridgehead atoms. The Morgan fingerprint density at radius 3 is 2.24 bits per heavy atom. The molecule has 1 fully saturated rings. The molecule has 0 spiro atoms. The van der Waals surface area contributed by atoms with Crippen LogP contribution in [-0.4, -0.2) is 11.6 Å². The molecule has 1 aromatic rings. The van der Waals surface area contributed by atoms with Gasteiger partial charge in [-0.2, -0.15) is 0 Å². The molecule has 0 radical (unpaired) electrons. The highest BCUT2D eigenvalue weighted by atomic mass is 15.3. The van der Waals surface area contributed by atoms with Crippen LogP contribution in [0.4, 0.5) is 5.69 Å². The molecule has 3 heteroatoms. The Morgan fingerprint density at radius 1 is 0.911 bits per heavy atom. The Morgan fingerprint density at radius 2 is 1.56 bits per heavy atom. The second kappa shape index (κ2) is 13.4. The van der Waals surface area contributed by atoms with Crippen molar-refractivity contribution in [2.24, 2.45) is 16.2 Å². The van der Waals surface area contributed by atoms with Crippen LogP contribution in [0.5, 0.6) is 0 Å². The topological polar surface area (TPSA) is 27.3 Å². The summed E-state index contributed by atoms with van der Waals surface area (Å²) in [6.07, 6.45) is 27.3. The van der Waals surface area contributed by atoms with Crippen LogP contribution in [-0.2, 0) is 5.41 Å². The van der Waals surface area contributed by atoms with Crippen molar-refractivity contribution in [3.8, 4) is 0 Å². The molecule has 3 unspecified atom stereocenters. The van der Waals surface area contributed by atoms with Crippen LogP contribution < -0.4 is 15.5 Å². The van der Waals surface area contributed by atoms with E-state index < -0.39 is 0 Å². The van der Waals surface area contributed by atoms with Crippen LogP contribution in [0.1, 0.15) is 126 Å². The first kappa shape index (κ1) is 34.9. The number of rotatable bonds is 9. The molecule has 3 atom stereocenters. The van der Waals surface area contributed by atoms with E-state index in [1.807, 2.05) is 0 Å². The minimum atomic E-state index is 0.0380. The van der Waals surface area contributed by atoms with Crippen molar-refractivity contribution in [3.05, 3.63) is 102 Å². The summed E-state index contributed by atoms with van der Waals surface area (Å²) >= 11 is 0. The molecule has 4 rings (SSSR count). The fourth-order valence-corrected chi connectivity index (χ4v) is 7.44. The van der Waals surface area contributed by atoms with E-state index in [1.165, 1.54) is 54.6 Å². The maximum atomic E-state index is 4.77. The van der Waals surface area contributed by atoms with E-state index in [2.05, 4.69) is 158 Å². The molecule has 45 heavy (non-hydrogen) atoms. The first-order chi connectivity index (χ1) is 21.0. The fraction of sp³-hybridized carbons (Fsp3) is 0.571. The predicted octanol–water partition coefficient (Wildman–Crippen LogP) is 11.2. The van der Waals surface area contributed by atoms with Gasteiger partial charge in [-0.25, -0.2) is 0 Å². The third kappa shape index (κ3) is 8.27. The predicted molar refractivity (Wildman–Crippen MR) is 197 cm³/mol. The highest BCUT2D eigenvalue weighted by Gasteiger charge is 2.57. The SMILES string of the molecule is C=C(CC(/C=C/NC1=C(C)/C=C/C(C)(C)CCC(C)(C)\C=C\1)N/C=C/CC(C)(C)C)N1c2ccccc2C2(C)CCCCC12C. The van der Waals surface area contributed by atoms with Crippen molar-refractivity contribution in [2.75, 3.05) is 4.90 Å². The normalized spacial score (nSPS) is 30.0. The summed E-state index contributed by atoms with van der Waals surface area (Å²) in [5.41, 5.74) is 7.18. The number of hydrogen-bond acceptors (Lipinski definition) is 3. The van der Waals surface area contributed by atoms with E-state index in [1.54, 1.807) is 0 Å². The number of para-hydroxylation sites is 1. The van der Waals surface area contributed by atoms with E-state index >= 15 is 0 Å². The zero-order chi connectivity index (χ0) is 33.1. The minimum absolute atomic E-state index is 0.0380. The number of allylic oxidation sites excluding steroid dienone is 6. The summed E-state index contributed by atoms with van der Waals surface area (Å²) < 4.78 is 0. The van der Waals surface area contributed by atoms with Crippen molar-refractivity contribution in [3.63, 3.8) is 0 Å². The molecular weight excluding hydrogens is 546 g/mol. The van der Waals surface area contributed by atoms with Crippen LogP contribution in [0, 0.1) is 16.2 Å². The van der Waals surface area contributed by atoms with E-state index in [4.69, 9.17) is 6.58 Å². The molecule has 0 amide bonds. The van der Waals surface area contributed by atoms with Crippen molar-refractivity contribution in [1.82, 2.24) is 10.6 Å². The smallest absolute Gasteiger partial charge is 0.0514 e. The molecule has 246 valence electrons. The minimum Gasteiger partial charge on any atom is -0.384 e. The Hall–Kier alpha value is -2.94. The van der Waals surface area contributed by atoms with Crippen LogP contribution in [0.2, 0.25) is 0 Å². The van der Waals surface area contributed by atoms with Gasteiger partial charge in [0.1, 0.15) is 0 Å². The highest BCUT2D eigenvalue weighted by Crippen LogP contribution is 2.59. The first-order valence-electron chi connectivity index (χ1n) is 17.5. The zero-order valence-corrected chi connectivity index (χ0v) is 30.3. The number of nitrogens with one attached hydrogen (secondary N) is 2. The number of benzene rings is 1. The van der Waals surface area contributed by atoms with E-state index in [-0.39, 0.29) is 33.2 Å². The Bertz CT molecular complexity index is 1360. The molecule has 1 saturated carbocycles. The average molecular weight is 610 g/mol. The molecule has 2 aliphatic carbocycles. The van der Waals surface area contributed by atoms with Crippen LogP contribution >= 0.6 is 0 Å². The number of hydrogen-bond donors (Lipinski definition) is 2. The van der Waals surface area contributed by atoms with Gasteiger partial charge in [0, 0.05) is 28.9 Å². The lowest BCUT2D eigenvalue weighted by Crippen LogP contribution is -2.56. The quantitative estimate of drug-likeness (QED) is 0.292. The second-order valence-electron chi connectivity index (χ2n) is 17.1. The van der Waals surface area contributed by atoms with Crippen molar-refractivity contribution < 1.29 is 0 Å². The lowest BCUT2D eigenvalue weighted by atomic mass is 9.61. The molecule has 0 saturated heterocycles. The third-order valence-corrected chi connectivity index (χ3v) is 10.8. The first-order valence-corrected chi connectivity index (χ1v) is 17.5. The van der Waals surface area contributed by atoms with E-state index in [9.17, 15) is 0 Å². The van der Waals surface area contributed by atoms with Crippen molar-refractivity contribution in [2.45, 2.75) is 138 Å². The van der Waals surface area contributed by atoms with Gasteiger partial charge in [0.2, 0.25) is 0 Å². The molecular formula is C42H63N3. The number of fused-ring (bicyclic) bond motifs is 3. The fourth-order valence-electron chi connectivity index (χ4n) is 7.44. The molecule has 3 nitrogen and oxygen atoms in total. The molecule has 1 heterocycles. The highest BCUT2D eigenvalue weighted by molar-refractivity contribution is 5.70. The van der Waals surface area contributed by atoms with Gasteiger partial charge >= 0.3 is 0 Å². The van der Waals surface area contributed by atoms with Gasteiger partial charge in [-0.05, 0) is 104 Å². The van der Waals surface area contributed by atoms with Crippen LogP contribution in [0.3, 0.4) is 0 Å². The standard InChI is InChI=1S/C42H63N3/c1-32-19-25-39(6,7)27-28-40(8,9)26-20-36(32)44-30-21-34(43-29-16-22-38(3,4)5)31-33(2)45-37-18-13-12-17-35(37)41(10)23-14-15-24-42(41,45)11/h12-13,16-21,25-26,29-30,34,43-44H,2,14-15,22-24,27-28,31H2,1,3-11H3/b25-19+,26-20+,29-16+,30-21+,36-32+. The van der Waals surface area contributed by atoms with Gasteiger partial charge in [0.25, 0.3) is 0 Å². The van der Waals surface area contributed by atoms with E-state index in [0.29, 0.717) is 0 Å². The lowest BCUT2D eigenvalue weighted by molar-refractivity contribution is 0.190. The van der Waals surface area contributed by atoms with Crippen molar-refractivity contribution >= 4 is 5.69 Å². The van der Waals surface area contributed by atoms with Crippen LogP contribution in [0.25, 0.3) is 0 Å². The van der Waals surface area contributed by atoms with Gasteiger partial charge in [-0.1, -0.05) is 117 Å². The number of nitrogens with zero attached hydrogens (tertiary/aromatic N) is 1. The summed E-state index contributed by atoms with van der Waals surface area (Å²) in [6, 6.07) is 9.18. The van der Waals surface area contributed by atoms with Gasteiger partial charge in [-0.3, -0.25) is 0 Å². The van der Waals surface area contributed by atoms with Gasteiger partial charge < -0.3 is 15.5 Å². The number of anilines is 1. The maximum absolute atomic E-state index is 4.77. The Balaban J connectivity index is 1.60.